The summed E-state index contributed by atoms with van der Waals surface area (Å²) in [5.74, 6) is 3.83. The highest BCUT2D eigenvalue weighted by atomic mass is 35.5. The van der Waals surface area contributed by atoms with E-state index >= 15 is 0 Å². The van der Waals surface area contributed by atoms with Crippen LogP contribution < -0.4 is 5.90 Å². The summed E-state index contributed by atoms with van der Waals surface area (Å²) in [7, 11) is -4.52. The molecule has 1 atom stereocenters. The lowest BCUT2D eigenvalue weighted by molar-refractivity contribution is 0.103. The highest BCUT2D eigenvalue weighted by Crippen LogP contribution is 2.53. The molecule has 0 aliphatic rings. The van der Waals surface area contributed by atoms with E-state index in [1.165, 1.54) is 12.1 Å². The Bertz CT molecular complexity index is 499. The second-order valence-corrected chi connectivity index (χ2v) is 5.58. The van der Waals surface area contributed by atoms with Gasteiger partial charge in [-0.1, -0.05) is 53.5 Å². The zero-order valence-corrected chi connectivity index (χ0v) is 10.7. The molecule has 0 saturated carbocycles. The first kappa shape index (κ1) is 14.4. The number of allylic oxidation sites excluding steroid dienone is 1. The largest absolute Gasteiger partial charge is 0.381 e. The van der Waals surface area contributed by atoms with Gasteiger partial charge in [-0.25, -0.2) is 10.5 Å². The van der Waals surface area contributed by atoms with Crippen molar-refractivity contribution in [1.29, 1.82) is 0 Å². The molecule has 92 valence electrons. The van der Waals surface area contributed by atoms with Crippen LogP contribution in [0.4, 0.5) is 0 Å². The average Bonchev–Trinajstić information content (AvgIpc) is 2.29. The minimum absolute atomic E-state index is 0.146. The summed E-state index contributed by atoms with van der Waals surface area (Å²) >= 11 is 10.8. The number of Topliss-reactive ketones (excluding diaryl/α,β-unsaturated/α-hetero) is 1. The maximum absolute atomic E-state index is 11.9. The van der Waals surface area contributed by atoms with Gasteiger partial charge in [-0.2, -0.15) is 0 Å². The number of nitrogens with two attached hydrogens (primary N) is 1. The molecule has 8 heteroatoms. The molecule has 5 nitrogen and oxygen atoms in total. The van der Waals surface area contributed by atoms with Crippen LogP contribution in [0.25, 0.3) is 0 Å². The Morgan fingerprint density at radius 3 is 2.24 bits per heavy atom. The van der Waals surface area contributed by atoms with Gasteiger partial charge in [-0.3, -0.25) is 9.36 Å². The molecular weight excluding hydrogens is 288 g/mol. The van der Waals surface area contributed by atoms with Crippen molar-refractivity contribution in [3.8, 4) is 0 Å². The second-order valence-electron chi connectivity index (χ2n) is 2.93. The van der Waals surface area contributed by atoms with Crippen LogP contribution in [0.1, 0.15) is 10.4 Å². The average molecular weight is 296 g/mol. The van der Waals surface area contributed by atoms with Crippen molar-refractivity contribution in [2.45, 2.75) is 0 Å². The van der Waals surface area contributed by atoms with Gasteiger partial charge in [-0.15, -0.1) is 0 Å². The van der Waals surface area contributed by atoms with Crippen molar-refractivity contribution in [2.75, 3.05) is 0 Å². The molecule has 0 radical (unpaired) electrons. The van der Waals surface area contributed by atoms with Crippen LogP contribution in [0, 0.1) is 0 Å². The molecule has 0 fully saturated rings. The van der Waals surface area contributed by atoms with Crippen molar-refractivity contribution in [3.05, 3.63) is 45.7 Å². The van der Waals surface area contributed by atoms with Gasteiger partial charge in [0.15, 0.2) is 0 Å². The fourth-order valence-electron chi connectivity index (χ4n) is 1.10. The van der Waals surface area contributed by atoms with Gasteiger partial charge in [0.05, 0.1) is 0 Å². The molecule has 1 unspecified atom stereocenters. The van der Waals surface area contributed by atoms with Crippen LogP contribution in [0.3, 0.4) is 0 Å². The Labute approximate surface area is 107 Å². The number of halogens is 2. The number of rotatable bonds is 4. The quantitative estimate of drug-likeness (QED) is 0.386. The van der Waals surface area contributed by atoms with Crippen LogP contribution in [0.2, 0.25) is 0 Å². The number of benzene rings is 1. The lowest BCUT2D eigenvalue weighted by Crippen LogP contribution is -2.09. The fourth-order valence-corrected chi connectivity index (χ4v) is 2.62. The summed E-state index contributed by atoms with van der Waals surface area (Å²) in [6.07, 6.45) is 0. The van der Waals surface area contributed by atoms with Crippen LogP contribution in [-0.2, 0) is 9.19 Å². The van der Waals surface area contributed by atoms with Crippen LogP contribution in [0.5, 0.6) is 0 Å². The number of hydrogen-bond acceptors (Lipinski definition) is 4. The van der Waals surface area contributed by atoms with Gasteiger partial charge < -0.3 is 4.89 Å². The number of ketones is 1. The predicted octanol–water partition coefficient (Wildman–Crippen LogP) is 2.59. The summed E-state index contributed by atoms with van der Waals surface area (Å²) in [4.78, 5) is 21.2. The smallest absolute Gasteiger partial charge is 0.320 e. The van der Waals surface area contributed by atoms with Gasteiger partial charge in [0.2, 0.25) is 5.78 Å². The zero-order valence-electron chi connectivity index (χ0n) is 8.34. The van der Waals surface area contributed by atoms with E-state index < -0.39 is 23.2 Å². The first-order valence-electron chi connectivity index (χ1n) is 4.27. The van der Waals surface area contributed by atoms with Crippen LogP contribution >= 0.6 is 30.8 Å². The predicted molar refractivity (Wildman–Crippen MR) is 64.6 cm³/mol. The monoisotopic (exact) mass is 295 g/mol. The maximum Gasteiger partial charge on any atom is 0.381 e. The zero-order chi connectivity index (χ0) is 13.1. The summed E-state index contributed by atoms with van der Waals surface area (Å²) in [5, 5.41) is -0.755. The van der Waals surface area contributed by atoms with E-state index in [-0.39, 0.29) is 5.56 Å². The second kappa shape index (κ2) is 5.78. The van der Waals surface area contributed by atoms with E-state index in [2.05, 4.69) is 10.5 Å². The summed E-state index contributed by atoms with van der Waals surface area (Å²) in [6.45, 7) is 0. The number of hydrogen-bond donors (Lipinski definition) is 2. The third-order valence-electron chi connectivity index (χ3n) is 1.86. The third-order valence-corrected chi connectivity index (χ3v) is 3.77. The lowest BCUT2D eigenvalue weighted by atomic mass is 10.1. The molecule has 1 aromatic carbocycles. The molecule has 0 saturated heterocycles. The Balaban J connectivity index is 3.26. The summed E-state index contributed by atoms with van der Waals surface area (Å²) in [5.41, 5.74) is 0.146. The minimum Gasteiger partial charge on any atom is -0.320 e. The molecule has 0 aromatic heterocycles. The van der Waals surface area contributed by atoms with Gasteiger partial charge >= 0.3 is 7.60 Å². The Morgan fingerprint density at radius 1 is 1.29 bits per heavy atom. The normalized spacial score (nSPS) is 13.9. The third kappa shape index (κ3) is 3.39. The van der Waals surface area contributed by atoms with Crippen molar-refractivity contribution in [1.82, 2.24) is 0 Å². The molecule has 0 aliphatic carbocycles. The molecule has 3 N–H and O–H groups in total. The molecular formula is C9H8Cl2NO4P. The molecule has 1 aromatic rings. The topological polar surface area (TPSA) is 89.6 Å². The summed E-state index contributed by atoms with van der Waals surface area (Å²) < 4.78 is 14.7. The van der Waals surface area contributed by atoms with Crippen molar-refractivity contribution in [3.63, 3.8) is 0 Å². The molecule has 0 aliphatic heterocycles. The standard InChI is InChI=1S/C9H8Cl2NO4P/c10-9(11)8(17(14,15)16-12)7(13)6-4-2-1-3-5-6/h1-5H,12H2,(H,14,15). The van der Waals surface area contributed by atoms with E-state index in [4.69, 9.17) is 23.2 Å². The van der Waals surface area contributed by atoms with Crippen molar-refractivity contribution >= 4 is 36.6 Å². The first-order chi connectivity index (χ1) is 7.90. The number of carbonyl (C=O) groups excluding carboxylic acids is 1. The summed E-state index contributed by atoms with van der Waals surface area (Å²) in [6, 6.07) is 7.72. The number of carbonyl (C=O) groups is 1. The van der Waals surface area contributed by atoms with Crippen molar-refractivity contribution < 1.29 is 18.9 Å². The molecule has 0 amide bonds. The van der Waals surface area contributed by atoms with Crippen molar-refractivity contribution in [2.24, 2.45) is 5.90 Å². The van der Waals surface area contributed by atoms with Gasteiger partial charge in [0.1, 0.15) is 9.81 Å². The molecule has 17 heavy (non-hydrogen) atoms. The highest BCUT2D eigenvalue weighted by Gasteiger charge is 2.34. The van der Waals surface area contributed by atoms with E-state index in [1.54, 1.807) is 18.2 Å². The van der Waals surface area contributed by atoms with E-state index in [1.807, 2.05) is 0 Å². The van der Waals surface area contributed by atoms with E-state index in [0.29, 0.717) is 0 Å². The SMILES string of the molecule is NOP(=O)(O)C(C(=O)c1ccccc1)=C(Cl)Cl. The Hall–Kier alpha value is -0.680. The maximum atomic E-state index is 11.9. The van der Waals surface area contributed by atoms with Crippen LogP contribution in [-0.4, -0.2) is 10.7 Å². The molecule has 1 rings (SSSR count). The fraction of sp³-hybridized carbons (Fsp3) is 0. The molecule has 0 heterocycles. The van der Waals surface area contributed by atoms with Gasteiger partial charge in [0, 0.05) is 5.56 Å². The Kier molecular flexibility index (Phi) is 4.89. The van der Waals surface area contributed by atoms with E-state index in [0.717, 1.165) is 0 Å². The lowest BCUT2D eigenvalue weighted by Gasteiger charge is -2.11. The van der Waals surface area contributed by atoms with Gasteiger partial charge in [0.25, 0.3) is 0 Å². The Morgan fingerprint density at radius 2 is 1.82 bits per heavy atom. The molecule has 0 spiro atoms. The highest BCUT2D eigenvalue weighted by molar-refractivity contribution is 7.59. The molecule has 0 bridgehead atoms. The minimum atomic E-state index is -4.52. The first-order valence-corrected chi connectivity index (χ1v) is 6.60. The van der Waals surface area contributed by atoms with E-state index in [9.17, 15) is 14.3 Å². The van der Waals surface area contributed by atoms with Crippen LogP contribution in [0.15, 0.2) is 40.1 Å². The van der Waals surface area contributed by atoms with Gasteiger partial charge in [-0.05, 0) is 0 Å².